The summed E-state index contributed by atoms with van der Waals surface area (Å²) in [6.07, 6.45) is 0.268. The standard InChI is InChI=1S/C15H21N3O3/c1-11-9-14(20)16-12-5-3-4-6-13(12)18(11)15(21)10-17(2)7-8-19/h3-6,11,19H,7-10H2,1-2H3,(H,16,20)/t11-/m0/s1. The number of likely N-dealkylation sites (N-methyl/N-ethyl adjacent to an activating group) is 1. The average molecular weight is 291 g/mol. The molecule has 0 radical (unpaired) electrons. The molecule has 0 unspecified atom stereocenters. The molecule has 0 saturated carbocycles. The van der Waals surface area contributed by atoms with Crippen LogP contribution >= 0.6 is 0 Å². The Morgan fingerprint density at radius 2 is 2.19 bits per heavy atom. The quantitative estimate of drug-likeness (QED) is 0.855. The zero-order valence-corrected chi connectivity index (χ0v) is 12.4. The summed E-state index contributed by atoms with van der Waals surface area (Å²) in [5, 5.41) is 11.8. The molecule has 0 aromatic heterocycles. The molecule has 0 spiro atoms. The molecule has 1 aliphatic heterocycles. The summed E-state index contributed by atoms with van der Waals surface area (Å²) < 4.78 is 0. The van der Waals surface area contributed by atoms with Crippen LogP contribution in [-0.2, 0) is 9.59 Å². The van der Waals surface area contributed by atoms with E-state index < -0.39 is 0 Å². The molecular weight excluding hydrogens is 270 g/mol. The van der Waals surface area contributed by atoms with Crippen molar-refractivity contribution in [3.8, 4) is 0 Å². The lowest BCUT2D eigenvalue weighted by Gasteiger charge is -2.29. The lowest BCUT2D eigenvalue weighted by Crippen LogP contribution is -2.44. The highest BCUT2D eigenvalue weighted by Gasteiger charge is 2.29. The summed E-state index contributed by atoms with van der Waals surface area (Å²) in [5.74, 6) is -0.170. The topological polar surface area (TPSA) is 72.9 Å². The molecule has 1 atom stereocenters. The predicted molar refractivity (Wildman–Crippen MR) is 81.2 cm³/mol. The van der Waals surface area contributed by atoms with Gasteiger partial charge in [0, 0.05) is 19.0 Å². The van der Waals surface area contributed by atoms with Crippen molar-refractivity contribution in [1.82, 2.24) is 4.90 Å². The summed E-state index contributed by atoms with van der Waals surface area (Å²) in [7, 11) is 1.78. The van der Waals surface area contributed by atoms with Gasteiger partial charge in [-0.15, -0.1) is 0 Å². The lowest BCUT2D eigenvalue weighted by atomic mass is 10.1. The van der Waals surface area contributed by atoms with Crippen molar-refractivity contribution in [2.24, 2.45) is 0 Å². The third kappa shape index (κ3) is 3.59. The van der Waals surface area contributed by atoms with Gasteiger partial charge in [-0.3, -0.25) is 14.5 Å². The Labute approximate surface area is 124 Å². The van der Waals surface area contributed by atoms with Gasteiger partial charge in [-0.25, -0.2) is 0 Å². The number of carbonyl (C=O) groups is 2. The van der Waals surface area contributed by atoms with Gasteiger partial charge in [-0.1, -0.05) is 12.1 Å². The maximum absolute atomic E-state index is 12.6. The fraction of sp³-hybridized carbons (Fsp3) is 0.467. The Bertz CT molecular complexity index is 533. The predicted octanol–water partition coefficient (Wildman–Crippen LogP) is 0.674. The van der Waals surface area contributed by atoms with E-state index in [0.717, 1.165) is 5.69 Å². The molecule has 2 amide bonds. The first-order valence-electron chi connectivity index (χ1n) is 7.03. The summed E-state index contributed by atoms with van der Waals surface area (Å²) in [6, 6.07) is 7.10. The number of hydrogen-bond donors (Lipinski definition) is 2. The number of rotatable bonds is 4. The summed E-state index contributed by atoms with van der Waals surface area (Å²) in [6.45, 7) is 2.52. The SMILES string of the molecule is C[C@H]1CC(=O)Nc2ccccc2N1C(=O)CN(C)CCO. The first-order chi connectivity index (χ1) is 10.0. The van der Waals surface area contributed by atoms with Crippen molar-refractivity contribution < 1.29 is 14.7 Å². The molecule has 0 bridgehead atoms. The molecule has 0 saturated heterocycles. The fourth-order valence-electron chi connectivity index (χ4n) is 2.52. The van der Waals surface area contributed by atoms with E-state index in [1.165, 1.54) is 0 Å². The lowest BCUT2D eigenvalue weighted by molar-refractivity contribution is -0.120. The third-order valence-corrected chi connectivity index (χ3v) is 3.51. The normalized spacial score (nSPS) is 18.2. The number of aliphatic hydroxyl groups excluding tert-OH is 1. The molecule has 1 heterocycles. The van der Waals surface area contributed by atoms with Gasteiger partial charge in [0.25, 0.3) is 0 Å². The van der Waals surface area contributed by atoms with Gasteiger partial charge >= 0.3 is 0 Å². The highest BCUT2D eigenvalue weighted by atomic mass is 16.3. The van der Waals surface area contributed by atoms with Crippen molar-refractivity contribution in [3.05, 3.63) is 24.3 Å². The number of hydrogen-bond acceptors (Lipinski definition) is 4. The maximum atomic E-state index is 12.6. The van der Waals surface area contributed by atoms with Crippen LogP contribution in [0.4, 0.5) is 11.4 Å². The van der Waals surface area contributed by atoms with Crippen LogP contribution in [0.3, 0.4) is 0 Å². The second kappa shape index (κ2) is 6.69. The van der Waals surface area contributed by atoms with E-state index in [-0.39, 0.29) is 37.4 Å². The van der Waals surface area contributed by atoms with Gasteiger partial charge in [-0.2, -0.15) is 0 Å². The summed E-state index contributed by atoms with van der Waals surface area (Å²) in [5.41, 5.74) is 1.38. The van der Waals surface area contributed by atoms with Gasteiger partial charge in [0.15, 0.2) is 0 Å². The molecule has 1 aliphatic rings. The second-order valence-corrected chi connectivity index (χ2v) is 5.34. The number of aliphatic hydroxyl groups is 1. The van der Waals surface area contributed by atoms with Crippen LogP contribution in [0.25, 0.3) is 0 Å². The van der Waals surface area contributed by atoms with Gasteiger partial charge in [0.2, 0.25) is 11.8 Å². The van der Waals surface area contributed by atoms with Crippen LogP contribution in [0.15, 0.2) is 24.3 Å². The number of para-hydroxylation sites is 2. The van der Waals surface area contributed by atoms with Crippen LogP contribution < -0.4 is 10.2 Å². The average Bonchev–Trinajstić information content (AvgIpc) is 2.53. The van der Waals surface area contributed by atoms with E-state index in [9.17, 15) is 9.59 Å². The van der Waals surface area contributed by atoms with E-state index in [2.05, 4.69) is 5.32 Å². The Hall–Kier alpha value is -1.92. The van der Waals surface area contributed by atoms with Gasteiger partial charge in [0.05, 0.1) is 24.5 Å². The highest BCUT2D eigenvalue weighted by molar-refractivity contribution is 6.04. The van der Waals surface area contributed by atoms with Crippen molar-refractivity contribution in [2.75, 3.05) is 37.0 Å². The van der Waals surface area contributed by atoms with Crippen LogP contribution in [-0.4, -0.2) is 54.6 Å². The fourth-order valence-corrected chi connectivity index (χ4v) is 2.52. The Kier molecular flexibility index (Phi) is 4.93. The van der Waals surface area contributed by atoms with Crippen LogP contribution in [0.1, 0.15) is 13.3 Å². The Balaban J connectivity index is 2.27. The minimum atomic E-state index is -0.205. The first-order valence-corrected chi connectivity index (χ1v) is 7.03. The molecular formula is C15H21N3O3. The minimum Gasteiger partial charge on any atom is -0.395 e. The van der Waals surface area contributed by atoms with E-state index in [0.29, 0.717) is 12.2 Å². The van der Waals surface area contributed by atoms with Crippen LogP contribution in [0.5, 0.6) is 0 Å². The third-order valence-electron chi connectivity index (χ3n) is 3.51. The molecule has 114 valence electrons. The number of carbonyl (C=O) groups excluding carboxylic acids is 2. The van der Waals surface area contributed by atoms with E-state index in [4.69, 9.17) is 5.11 Å². The molecule has 6 heteroatoms. The molecule has 2 N–H and O–H groups in total. The number of amides is 2. The monoisotopic (exact) mass is 291 g/mol. The summed E-state index contributed by atoms with van der Waals surface area (Å²) >= 11 is 0. The zero-order chi connectivity index (χ0) is 15.4. The van der Waals surface area contributed by atoms with E-state index in [1.54, 1.807) is 22.9 Å². The summed E-state index contributed by atoms with van der Waals surface area (Å²) in [4.78, 5) is 27.9. The molecule has 0 fully saturated rings. The zero-order valence-electron chi connectivity index (χ0n) is 12.4. The van der Waals surface area contributed by atoms with E-state index in [1.807, 2.05) is 25.1 Å². The molecule has 1 aromatic carbocycles. The molecule has 21 heavy (non-hydrogen) atoms. The van der Waals surface area contributed by atoms with Gasteiger partial charge in [0.1, 0.15) is 0 Å². The smallest absolute Gasteiger partial charge is 0.241 e. The van der Waals surface area contributed by atoms with Gasteiger partial charge < -0.3 is 15.3 Å². The Morgan fingerprint density at radius 1 is 1.48 bits per heavy atom. The number of benzene rings is 1. The number of nitrogens with one attached hydrogen (secondary N) is 1. The van der Waals surface area contributed by atoms with E-state index >= 15 is 0 Å². The van der Waals surface area contributed by atoms with Gasteiger partial charge in [-0.05, 0) is 26.1 Å². The van der Waals surface area contributed by atoms with Crippen molar-refractivity contribution >= 4 is 23.2 Å². The second-order valence-electron chi connectivity index (χ2n) is 5.34. The largest absolute Gasteiger partial charge is 0.395 e. The molecule has 0 aliphatic carbocycles. The number of nitrogens with zero attached hydrogens (tertiary/aromatic N) is 2. The molecule has 2 rings (SSSR count). The number of fused-ring (bicyclic) bond motifs is 1. The minimum absolute atomic E-state index is 0.00988. The van der Waals surface area contributed by atoms with Crippen LogP contribution in [0.2, 0.25) is 0 Å². The van der Waals surface area contributed by atoms with Crippen molar-refractivity contribution in [1.29, 1.82) is 0 Å². The maximum Gasteiger partial charge on any atom is 0.241 e. The molecule has 1 aromatic rings. The Morgan fingerprint density at radius 3 is 2.90 bits per heavy atom. The highest BCUT2D eigenvalue weighted by Crippen LogP contribution is 2.31. The first kappa shape index (κ1) is 15.5. The number of anilines is 2. The van der Waals surface area contributed by atoms with Crippen LogP contribution in [0, 0.1) is 0 Å². The molecule has 6 nitrogen and oxygen atoms in total. The van der Waals surface area contributed by atoms with Crippen molar-refractivity contribution in [2.45, 2.75) is 19.4 Å². The van der Waals surface area contributed by atoms with Crippen molar-refractivity contribution in [3.63, 3.8) is 0 Å².